The van der Waals surface area contributed by atoms with Gasteiger partial charge >= 0.3 is 0 Å². The van der Waals surface area contributed by atoms with Crippen molar-refractivity contribution in [1.29, 1.82) is 0 Å². The second-order valence-corrected chi connectivity index (χ2v) is 1.68. The predicted octanol–water partition coefficient (Wildman–Crippen LogP) is -0.256. The van der Waals surface area contributed by atoms with E-state index in [4.69, 9.17) is 5.11 Å². The molecule has 3 nitrogen and oxygen atoms in total. The smallest absolute Gasteiger partial charge is 0.184 e. The number of carbonyl (C=O) groups is 1. The highest BCUT2D eigenvalue weighted by Crippen LogP contribution is 1.82. The highest BCUT2D eigenvalue weighted by Gasteiger charge is 2.08. The summed E-state index contributed by atoms with van der Waals surface area (Å²) < 4.78 is 0. The summed E-state index contributed by atoms with van der Waals surface area (Å²) >= 11 is 0. The molecule has 0 amide bonds. The highest BCUT2D eigenvalue weighted by atomic mass is 35.5. The molecule has 0 aromatic rings. The van der Waals surface area contributed by atoms with Gasteiger partial charge in [-0.1, -0.05) is 6.58 Å². The molecule has 1 unspecified atom stereocenters. The number of rotatable bonds is 4. The second-order valence-electron chi connectivity index (χ2n) is 1.68. The van der Waals surface area contributed by atoms with Crippen molar-refractivity contribution in [2.45, 2.75) is 6.10 Å². The fourth-order valence-electron chi connectivity index (χ4n) is 0.430. The summed E-state index contributed by atoms with van der Waals surface area (Å²) in [6, 6.07) is 0. The SMILES string of the molecule is C=CC(=O)C(O)CNC.Cl. The Morgan fingerprint density at radius 2 is 2.40 bits per heavy atom. The van der Waals surface area contributed by atoms with Crippen LogP contribution < -0.4 is 5.32 Å². The maximum absolute atomic E-state index is 10.5. The van der Waals surface area contributed by atoms with Crippen molar-refractivity contribution < 1.29 is 9.90 Å². The molecule has 60 valence electrons. The van der Waals surface area contributed by atoms with Crippen molar-refractivity contribution in [2.75, 3.05) is 13.6 Å². The number of hydrogen-bond donors (Lipinski definition) is 2. The molecule has 0 spiro atoms. The molecule has 10 heavy (non-hydrogen) atoms. The van der Waals surface area contributed by atoms with Crippen molar-refractivity contribution >= 4 is 18.2 Å². The van der Waals surface area contributed by atoms with E-state index in [0.717, 1.165) is 6.08 Å². The lowest BCUT2D eigenvalue weighted by Gasteiger charge is -2.03. The highest BCUT2D eigenvalue weighted by molar-refractivity contribution is 5.92. The molecule has 0 rings (SSSR count). The number of likely N-dealkylation sites (N-methyl/N-ethyl adjacent to an activating group) is 1. The summed E-state index contributed by atoms with van der Waals surface area (Å²) in [5.74, 6) is -0.343. The molecule has 0 bridgehead atoms. The van der Waals surface area contributed by atoms with Gasteiger partial charge in [0.25, 0.3) is 0 Å². The Hall–Kier alpha value is -0.380. The number of halogens is 1. The zero-order chi connectivity index (χ0) is 7.28. The van der Waals surface area contributed by atoms with Gasteiger partial charge in [0.05, 0.1) is 0 Å². The predicted molar refractivity (Wildman–Crippen MR) is 42.4 cm³/mol. The molecular weight excluding hydrogens is 154 g/mol. The minimum absolute atomic E-state index is 0. The Balaban J connectivity index is 0. The number of aliphatic hydroxyl groups excluding tert-OH is 1. The third kappa shape index (κ3) is 4.49. The molecule has 2 N–H and O–H groups in total. The van der Waals surface area contributed by atoms with Gasteiger partial charge in [0.2, 0.25) is 0 Å². The van der Waals surface area contributed by atoms with Gasteiger partial charge in [0.1, 0.15) is 6.10 Å². The van der Waals surface area contributed by atoms with Crippen LogP contribution in [0.4, 0.5) is 0 Å². The largest absolute Gasteiger partial charge is 0.384 e. The average molecular weight is 166 g/mol. The first-order valence-electron chi connectivity index (χ1n) is 2.71. The lowest BCUT2D eigenvalue weighted by atomic mass is 10.2. The van der Waals surface area contributed by atoms with E-state index in [2.05, 4.69) is 11.9 Å². The topological polar surface area (TPSA) is 49.3 Å². The van der Waals surface area contributed by atoms with Gasteiger partial charge in [-0.3, -0.25) is 4.79 Å². The van der Waals surface area contributed by atoms with Crippen LogP contribution in [0.2, 0.25) is 0 Å². The molecule has 1 atom stereocenters. The molecule has 0 heterocycles. The quantitative estimate of drug-likeness (QED) is 0.565. The summed E-state index contributed by atoms with van der Waals surface area (Å²) in [5, 5.41) is 11.5. The van der Waals surface area contributed by atoms with Crippen molar-refractivity contribution in [1.82, 2.24) is 5.32 Å². The lowest BCUT2D eigenvalue weighted by Crippen LogP contribution is -2.29. The number of nitrogens with one attached hydrogen (secondary N) is 1. The summed E-state index contributed by atoms with van der Waals surface area (Å²) in [5.41, 5.74) is 0. The molecule has 0 aliphatic heterocycles. The maximum Gasteiger partial charge on any atom is 0.184 e. The Bertz CT molecular complexity index is 116. The number of aliphatic hydroxyl groups is 1. The average Bonchev–Trinajstić information content (AvgIpc) is 1.87. The standard InChI is InChI=1S/C6H11NO2.ClH/c1-3-5(8)6(9)4-7-2;/h3,6-7,9H,1,4H2,2H3;1H. The van der Waals surface area contributed by atoms with Crippen molar-refractivity contribution in [3.05, 3.63) is 12.7 Å². The van der Waals surface area contributed by atoms with Crippen LogP contribution in [-0.2, 0) is 4.79 Å². The van der Waals surface area contributed by atoms with Crippen molar-refractivity contribution in [2.24, 2.45) is 0 Å². The molecule has 0 fully saturated rings. The van der Waals surface area contributed by atoms with Gasteiger partial charge in [-0.15, -0.1) is 12.4 Å². The Morgan fingerprint density at radius 1 is 1.90 bits per heavy atom. The van der Waals surface area contributed by atoms with E-state index in [1.807, 2.05) is 0 Å². The van der Waals surface area contributed by atoms with E-state index in [1.54, 1.807) is 7.05 Å². The Morgan fingerprint density at radius 3 is 2.70 bits per heavy atom. The van der Waals surface area contributed by atoms with Gasteiger partial charge < -0.3 is 10.4 Å². The van der Waals surface area contributed by atoms with Gasteiger partial charge in [0.15, 0.2) is 5.78 Å². The number of carbonyl (C=O) groups excluding carboxylic acids is 1. The third-order valence-corrected chi connectivity index (χ3v) is 0.927. The lowest BCUT2D eigenvalue weighted by molar-refractivity contribution is -0.121. The van der Waals surface area contributed by atoms with E-state index < -0.39 is 6.10 Å². The second kappa shape index (κ2) is 6.74. The molecule has 0 aromatic heterocycles. The van der Waals surface area contributed by atoms with Gasteiger partial charge in [-0.2, -0.15) is 0 Å². The molecule has 0 aromatic carbocycles. The molecule has 0 aliphatic rings. The van der Waals surface area contributed by atoms with Gasteiger partial charge in [-0.05, 0) is 13.1 Å². The summed E-state index contributed by atoms with van der Waals surface area (Å²) in [6.07, 6.45) is 0.176. The fourth-order valence-corrected chi connectivity index (χ4v) is 0.430. The van der Waals surface area contributed by atoms with Crippen LogP contribution >= 0.6 is 12.4 Å². The normalized spacial score (nSPS) is 11.4. The van der Waals surface area contributed by atoms with E-state index in [-0.39, 0.29) is 24.7 Å². The van der Waals surface area contributed by atoms with Crippen LogP contribution in [0.25, 0.3) is 0 Å². The van der Waals surface area contributed by atoms with Gasteiger partial charge in [-0.25, -0.2) is 0 Å². The minimum atomic E-state index is -0.937. The third-order valence-electron chi connectivity index (χ3n) is 0.927. The molecule has 0 aliphatic carbocycles. The van der Waals surface area contributed by atoms with E-state index >= 15 is 0 Å². The fraction of sp³-hybridized carbons (Fsp3) is 0.500. The summed E-state index contributed by atoms with van der Waals surface area (Å²) in [7, 11) is 1.67. The van der Waals surface area contributed by atoms with E-state index in [0.29, 0.717) is 0 Å². The number of ketones is 1. The van der Waals surface area contributed by atoms with Crippen LogP contribution in [0.3, 0.4) is 0 Å². The van der Waals surface area contributed by atoms with Crippen LogP contribution in [0.5, 0.6) is 0 Å². The Labute approximate surface area is 66.5 Å². The maximum atomic E-state index is 10.5. The first-order valence-corrected chi connectivity index (χ1v) is 2.71. The molecule has 4 heteroatoms. The van der Waals surface area contributed by atoms with Crippen LogP contribution in [-0.4, -0.2) is 30.6 Å². The first-order chi connectivity index (χ1) is 4.22. The molecule has 0 radical (unpaired) electrons. The summed E-state index contributed by atoms with van der Waals surface area (Å²) in [6.45, 7) is 3.51. The van der Waals surface area contributed by atoms with Crippen LogP contribution in [0, 0.1) is 0 Å². The summed E-state index contributed by atoms with van der Waals surface area (Å²) in [4.78, 5) is 10.5. The van der Waals surface area contributed by atoms with Crippen LogP contribution in [0.15, 0.2) is 12.7 Å². The van der Waals surface area contributed by atoms with E-state index in [9.17, 15) is 4.79 Å². The van der Waals surface area contributed by atoms with E-state index in [1.165, 1.54) is 0 Å². The van der Waals surface area contributed by atoms with Crippen molar-refractivity contribution in [3.63, 3.8) is 0 Å². The van der Waals surface area contributed by atoms with Crippen molar-refractivity contribution in [3.8, 4) is 0 Å². The molecule has 0 saturated heterocycles. The zero-order valence-corrected chi connectivity index (χ0v) is 6.65. The first kappa shape index (κ1) is 12.3. The zero-order valence-electron chi connectivity index (χ0n) is 5.83. The molecule has 0 saturated carbocycles. The van der Waals surface area contributed by atoms with Crippen LogP contribution in [0.1, 0.15) is 0 Å². The molecular formula is C6H12ClNO2. The Kier molecular flexibility index (Phi) is 8.29. The number of hydrogen-bond acceptors (Lipinski definition) is 3. The monoisotopic (exact) mass is 165 g/mol. The van der Waals surface area contributed by atoms with Gasteiger partial charge in [0, 0.05) is 6.54 Å². The minimum Gasteiger partial charge on any atom is -0.384 e.